The Morgan fingerprint density at radius 3 is 1.18 bits per heavy atom. The third kappa shape index (κ3) is 3.76. The Morgan fingerprint density at radius 1 is 0.529 bits per heavy atom. The van der Waals surface area contributed by atoms with Crippen LogP contribution in [-0.4, -0.2) is 43.8 Å². The minimum absolute atomic E-state index is 0.353. The van der Waals surface area contributed by atoms with Crippen molar-refractivity contribution in [3.63, 3.8) is 0 Å². The molecular formula is C14H8N6O14. The highest BCUT2D eigenvalue weighted by Gasteiger charge is 2.55. The monoisotopic (exact) mass is 484 g/mol. The summed E-state index contributed by atoms with van der Waals surface area (Å²) in [4.78, 5) is 60.0. The van der Waals surface area contributed by atoms with E-state index in [1.807, 2.05) is 0 Å². The van der Waals surface area contributed by atoms with Crippen LogP contribution in [-0.2, 0) is 0 Å². The maximum absolute atomic E-state index is 11.8. The molecule has 178 valence electrons. The first-order chi connectivity index (χ1) is 15.8. The second-order valence-corrected chi connectivity index (χ2v) is 5.86. The first-order valence-corrected chi connectivity index (χ1v) is 8.17. The van der Waals surface area contributed by atoms with Gasteiger partial charge < -0.3 is 9.47 Å². The molecule has 20 heteroatoms. The molecule has 0 spiro atoms. The Morgan fingerprint density at radius 2 is 0.882 bits per heavy atom. The van der Waals surface area contributed by atoms with Crippen LogP contribution in [0.15, 0.2) is 12.1 Å². The maximum Gasteiger partial charge on any atom is 0.437 e. The van der Waals surface area contributed by atoms with Crippen LogP contribution in [0.3, 0.4) is 0 Å². The van der Waals surface area contributed by atoms with Gasteiger partial charge in [0, 0.05) is 0 Å². The Balaban J connectivity index is 3.47. The molecule has 0 aliphatic carbocycles. The molecule has 0 unspecified atom stereocenters. The molecule has 0 aliphatic heterocycles. The minimum Gasteiger partial charge on any atom is -0.493 e. The van der Waals surface area contributed by atoms with Crippen LogP contribution in [0, 0.1) is 60.7 Å². The van der Waals surface area contributed by atoms with E-state index >= 15 is 0 Å². The van der Waals surface area contributed by atoms with E-state index in [0.29, 0.717) is 6.07 Å². The SMILES string of the molecule is COc1ccc(-c2c([N+](=O)[O-])c([N+](=O)[O-])c([N+](=O)[O-])c([N+](=O)[O-])c2[N+](=O)[O-])c([N+](=O)[O-])c1OC. The van der Waals surface area contributed by atoms with Gasteiger partial charge in [-0.15, -0.1) is 0 Å². The first-order valence-electron chi connectivity index (χ1n) is 8.17. The molecule has 0 radical (unpaired) electrons. The van der Waals surface area contributed by atoms with Gasteiger partial charge in [0.25, 0.3) is 0 Å². The van der Waals surface area contributed by atoms with Crippen molar-refractivity contribution in [3.8, 4) is 22.6 Å². The third-order valence-corrected chi connectivity index (χ3v) is 4.26. The van der Waals surface area contributed by atoms with E-state index in [-0.39, 0.29) is 5.75 Å². The fraction of sp³-hybridized carbons (Fsp3) is 0.143. The highest BCUT2D eigenvalue weighted by atomic mass is 16.7. The Hall–Kier alpha value is -5.56. The maximum atomic E-state index is 11.8. The average molecular weight is 484 g/mol. The number of methoxy groups -OCH3 is 2. The van der Waals surface area contributed by atoms with E-state index in [1.165, 1.54) is 0 Å². The summed E-state index contributed by atoms with van der Waals surface area (Å²) >= 11 is 0. The highest BCUT2D eigenvalue weighted by Crippen LogP contribution is 2.58. The summed E-state index contributed by atoms with van der Waals surface area (Å²) in [5.74, 6) is -1.11. The number of nitro groups is 6. The molecule has 0 saturated heterocycles. The van der Waals surface area contributed by atoms with Crippen molar-refractivity contribution in [1.82, 2.24) is 0 Å². The molecule has 0 amide bonds. The number of rotatable bonds is 9. The standard InChI is InChI=1S/C14H8N6O14/c1-33-6-4-3-5(8(15(21)22)14(6)34-2)7-9(16(23)24)11(18(27)28)13(20(31)32)12(19(29)30)10(7)17(25)26/h3-4H,1-2H3. The van der Waals surface area contributed by atoms with Crippen molar-refractivity contribution in [2.45, 2.75) is 0 Å². The average Bonchev–Trinajstić information content (AvgIpc) is 2.74. The fourth-order valence-corrected chi connectivity index (χ4v) is 3.11. The van der Waals surface area contributed by atoms with Gasteiger partial charge in [0.1, 0.15) is 0 Å². The second-order valence-electron chi connectivity index (χ2n) is 5.86. The summed E-state index contributed by atoms with van der Waals surface area (Å²) in [7, 11) is 1.92. The number of hydrogen-bond acceptors (Lipinski definition) is 14. The topological polar surface area (TPSA) is 277 Å². The quantitative estimate of drug-likeness (QED) is 0.365. The van der Waals surface area contributed by atoms with Crippen LogP contribution in [0.4, 0.5) is 34.1 Å². The number of nitro benzene ring substituents is 6. The summed E-state index contributed by atoms with van der Waals surface area (Å²) < 4.78 is 9.67. The van der Waals surface area contributed by atoms with Crippen molar-refractivity contribution in [3.05, 3.63) is 72.8 Å². The second kappa shape index (κ2) is 8.89. The lowest BCUT2D eigenvalue weighted by atomic mass is 9.95. The predicted molar refractivity (Wildman–Crippen MR) is 105 cm³/mol. The van der Waals surface area contributed by atoms with Gasteiger partial charge in [-0.3, -0.25) is 60.7 Å². The van der Waals surface area contributed by atoms with Crippen molar-refractivity contribution in [1.29, 1.82) is 0 Å². The van der Waals surface area contributed by atoms with E-state index in [1.54, 1.807) is 0 Å². The largest absolute Gasteiger partial charge is 0.493 e. The zero-order chi connectivity index (χ0) is 26.1. The summed E-state index contributed by atoms with van der Waals surface area (Å²) in [6, 6.07) is 1.49. The normalized spacial score (nSPS) is 10.3. The van der Waals surface area contributed by atoms with Gasteiger partial charge in [-0.1, -0.05) is 0 Å². The lowest BCUT2D eigenvalue weighted by Crippen LogP contribution is -2.10. The molecular weight excluding hydrogens is 476 g/mol. The first kappa shape index (κ1) is 24.7. The van der Waals surface area contributed by atoms with E-state index in [2.05, 4.69) is 0 Å². The molecule has 2 aromatic carbocycles. The minimum atomic E-state index is -2.15. The lowest BCUT2D eigenvalue weighted by Gasteiger charge is -2.12. The van der Waals surface area contributed by atoms with Crippen LogP contribution < -0.4 is 9.47 Å². The van der Waals surface area contributed by atoms with Gasteiger partial charge in [-0.2, -0.15) is 0 Å². The van der Waals surface area contributed by atoms with Crippen molar-refractivity contribution >= 4 is 34.1 Å². The van der Waals surface area contributed by atoms with Crippen LogP contribution in [0.2, 0.25) is 0 Å². The van der Waals surface area contributed by atoms with Crippen LogP contribution in [0.5, 0.6) is 11.5 Å². The molecule has 0 saturated carbocycles. The van der Waals surface area contributed by atoms with Gasteiger partial charge in [0.15, 0.2) is 11.3 Å². The molecule has 0 atom stereocenters. The number of hydrogen-bond donors (Lipinski definition) is 0. The molecule has 0 aromatic heterocycles. The van der Waals surface area contributed by atoms with Gasteiger partial charge in [0.2, 0.25) is 5.75 Å². The molecule has 2 rings (SSSR count). The van der Waals surface area contributed by atoms with Gasteiger partial charge in [-0.05, 0) is 12.1 Å². The van der Waals surface area contributed by atoms with Crippen LogP contribution in [0.25, 0.3) is 11.1 Å². The van der Waals surface area contributed by atoms with E-state index < -0.39 is 80.5 Å². The van der Waals surface area contributed by atoms with Gasteiger partial charge >= 0.3 is 34.1 Å². The smallest absolute Gasteiger partial charge is 0.437 e. The molecule has 2 aromatic rings. The Labute approximate surface area is 183 Å². The van der Waals surface area contributed by atoms with E-state index in [4.69, 9.17) is 9.47 Å². The highest BCUT2D eigenvalue weighted by molar-refractivity contribution is 6.00. The number of benzene rings is 2. The Bertz CT molecular complexity index is 1250. The number of ether oxygens (including phenoxy) is 2. The number of nitrogens with zero attached hydrogens (tertiary/aromatic N) is 6. The van der Waals surface area contributed by atoms with E-state index in [0.717, 1.165) is 20.3 Å². The summed E-state index contributed by atoms with van der Waals surface area (Å²) in [6.45, 7) is 0. The third-order valence-electron chi connectivity index (χ3n) is 4.26. The fourth-order valence-electron chi connectivity index (χ4n) is 3.11. The lowest BCUT2D eigenvalue weighted by molar-refractivity contribution is -0.459. The summed E-state index contributed by atoms with van der Waals surface area (Å²) in [5, 5.41) is 69.8. The zero-order valence-corrected chi connectivity index (χ0v) is 16.6. The van der Waals surface area contributed by atoms with Crippen molar-refractivity contribution in [2.75, 3.05) is 14.2 Å². The molecule has 0 bridgehead atoms. The summed E-state index contributed by atoms with van der Waals surface area (Å²) in [6.07, 6.45) is 0. The molecule has 0 N–H and O–H groups in total. The van der Waals surface area contributed by atoms with Crippen LogP contribution in [0.1, 0.15) is 0 Å². The predicted octanol–water partition coefficient (Wildman–Crippen LogP) is 2.82. The zero-order valence-electron chi connectivity index (χ0n) is 16.6. The van der Waals surface area contributed by atoms with Gasteiger partial charge in [-0.25, -0.2) is 0 Å². The Kier molecular flexibility index (Phi) is 6.46. The summed E-state index contributed by atoms with van der Waals surface area (Å²) in [5.41, 5.74) is -14.2. The molecule has 0 aliphatic rings. The van der Waals surface area contributed by atoms with Gasteiger partial charge in [0.05, 0.1) is 49.3 Å². The molecule has 20 nitrogen and oxygen atoms in total. The van der Waals surface area contributed by atoms with Crippen molar-refractivity contribution < 1.29 is 39.0 Å². The van der Waals surface area contributed by atoms with E-state index in [9.17, 15) is 60.7 Å². The van der Waals surface area contributed by atoms with Crippen molar-refractivity contribution in [2.24, 2.45) is 0 Å². The van der Waals surface area contributed by atoms with Crippen LogP contribution >= 0.6 is 0 Å². The molecule has 0 heterocycles. The molecule has 34 heavy (non-hydrogen) atoms. The molecule has 0 fully saturated rings.